The van der Waals surface area contributed by atoms with Gasteiger partial charge in [0.15, 0.2) is 0 Å². The number of aromatic nitrogens is 2. The molecule has 19 heavy (non-hydrogen) atoms. The van der Waals surface area contributed by atoms with Gasteiger partial charge in [0.1, 0.15) is 0 Å². The number of hydrogen-bond donors (Lipinski definition) is 1. The van der Waals surface area contributed by atoms with Crippen LogP contribution in [0.2, 0.25) is 10.0 Å². The molecule has 0 spiro atoms. The van der Waals surface area contributed by atoms with Gasteiger partial charge in [0.2, 0.25) is 5.91 Å². The van der Waals surface area contributed by atoms with Gasteiger partial charge in [0, 0.05) is 24.8 Å². The van der Waals surface area contributed by atoms with Crippen molar-refractivity contribution in [3.05, 3.63) is 45.1 Å². The van der Waals surface area contributed by atoms with Crippen molar-refractivity contribution in [2.45, 2.75) is 13.0 Å². The highest BCUT2D eigenvalue weighted by Crippen LogP contribution is 2.25. The van der Waals surface area contributed by atoms with Gasteiger partial charge in [-0.05, 0) is 34.1 Å². The summed E-state index contributed by atoms with van der Waals surface area (Å²) in [6.45, 7) is 0.513. The van der Waals surface area contributed by atoms with E-state index >= 15 is 0 Å². The van der Waals surface area contributed by atoms with Gasteiger partial charge in [-0.25, -0.2) is 0 Å². The van der Waals surface area contributed by atoms with E-state index in [1.54, 1.807) is 29.1 Å². The number of halogens is 3. The summed E-state index contributed by atoms with van der Waals surface area (Å²) >= 11 is 15.0. The number of amides is 1. The maximum Gasteiger partial charge on any atom is 0.226 e. The van der Waals surface area contributed by atoms with Gasteiger partial charge in [-0.1, -0.05) is 23.2 Å². The largest absolute Gasteiger partial charge is 0.326 e. The summed E-state index contributed by atoms with van der Waals surface area (Å²) in [5.41, 5.74) is 0.626. The molecule has 4 nitrogen and oxygen atoms in total. The molecule has 1 N–H and O–H groups in total. The standard InChI is InChI=1S/C12H10BrCl2N3O/c13-8-6-16-18(7-8)4-3-12(19)17-9-1-2-10(14)11(15)5-9/h1-2,5-7H,3-4H2,(H,17,19). The second-order valence-corrected chi connectivity index (χ2v) is 5.58. The van der Waals surface area contributed by atoms with Crippen LogP contribution in [0.3, 0.4) is 0 Å². The van der Waals surface area contributed by atoms with Gasteiger partial charge >= 0.3 is 0 Å². The lowest BCUT2D eigenvalue weighted by Gasteiger charge is -2.06. The van der Waals surface area contributed by atoms with Crippen molar-refractivity contribution in [2.24, 2.45) is 0 Å². The van der Waals surface area contributed by atoms with E-state index in [4.69, 9.17) is 23.2 Å². The molecule has 0 fully saturated rings. The van der Waals surface area contributed by atoms with Crippen LogP contribution in [0, 0.1) is 0 Å². The zero-order valence-corrected chi connectivity index (χ0v) is 12.8. The lowest BCUT2D eigenvalue weighted by molar-refractivity contribution is -0.116. The third-order valence-electron chi connectivity index (χ3n) is 2.37. The molecule has 0 unspecified atom stereocenters. The smallest absolute Gasteiger partial charge is 0.226 e. The Hall–Kier alpha value is -1.04. The number of nitrogens with one attached hydrogen (secondary N) is 1. The van der Waals surface area contributed by atoms with Gasteiger partial charge in [-0.3, -0.25) is 9.48 Å². The predicted molar refractivity (Wildman–Crippen MR) is 79.6 cm³/mol. The first kappa shape index (κ1) is 14.4. The monoisotopic (exact) mass is 361 g/mol. The molecule has 0 radical (unpaired) electrons. The SMILES string of the molecule is O=C(CCn1cc(Br)cn1)Nc1ccc(Cl)c(Cl)c1. The predicted octanol–water partition coefficient (Wildman–Crippen LogP) is 3.98. The van der Waals surface area contributed by atoms with Gasteiger partial charge in [-0.2, -0.15) is 5.10 Å². The van der Waals surface area contributed by atoms with Crippen LogP contribution in [0.25, 0.3) is 0 Å². The Kier molecular flexibility index (Phi) is 4.85. The molecule has 0 aliphatic carbocycles. The summed E-state index contributed by atoms with van der Waals surface area (Å²) in [4.78, 5) is 11.7. The molecule has 1 heterocycles. The zero-order chi connectivity index (χ0) is 13.8. The minimum absolute atomic E-state index is 0.106. The van der Waals surface area contributed by atoms with E-state index in [0.717, 1.165) is 4.47 Å². The van der Waals surface area contributed by atoms with Crippen LogP contribution in [0.1, 0.15) is 6.42 Å². The normalized spacial score (nSPS) is 10.5. The van der Waals surface area contributed by atoms with Crippen LogP contribution < -0.4 is 5.32 Å². The Morgan fingerprint density at radius 2 is 2.16 bits per heavy atom. The molecular weight excluding hydrogens is 353 g/mol. The van der Waals surface area contributed by atoms with Crippen molar-refractivity contribution < 1.29 is 4.79 Å². The van der Waals surface area contributed by atoms with Crippen molar-refractivity contribution in [1.82, 2.24) is 9.78 Å². The maximum absolute atomic E-state index is 11.7. The van der Waals surface area contributed by atoms with Crippen molar-refractivity contribution in [3.63, 3.8) is 0 Å². The maximum atomic E-state index is 11.7. The first-order chi connectivity index (χ1) is 9.04. The number of aryl methyl sites for hydroxylation is 1. The van der Waals surface area contributed by atoms with Crippen molar-refractivity contribution >= 4 is 50.7 Å². The van der Waals surface area contributed by atoms with E-state index in [1.807, 2.05) is 6.20 Å². The van der Waals surface area contributed by atoms with Crippen LogP contribution >= 0.6 is 39.1 Å². The number of carbonyl (C=O) groups excluding carboxylic acids is 1. The highest BCUT2D eigenvalue weighted by molar-refractivity contribution is 9.10. The minimum Gasteiger partial charge on any atom is -0.326 e. The molecule has 1 amide bonds. The van der Waals surface area contributed by atoms with Gasteiger partial charge in [-0.15, -0.1) is 0 Å². The minimum atomic E-state index is -0.106. The Labute approximate surface area is 128 Å². The van der Waals surface area contributed by atoms with Gasteiger partial charge in [0.05, 0.1) is 20.7 Å². The number of benzene rings is 1. The fourth-order valence-corrected chi connectivity index (χ4v) is 2.10. The quantitative estimate of drug-likeness (QED) is 0.894. The lowest BCUT2D eigenvalue weighted by Crippen LogP contribution is -2.14. The Morgan fingerprint density at radius 1 is 1.37 bits per heavy atom. The summed E-state index contributed by atoms with van der Waals surface area (Å²) in [7, 11) is 0. The van der Waals surface area contributed by atoms with E-state index in [0.29, 0.717) is 28.7 Å². The van der Waals surface area contributed by atoms with Crippen LogP contribution in [0.5, 0.6) is 0 Å². The summed E-state index contributed by atoms with van der Waals surface area (Å²) in [6, 6.07) is 4.97. The third kappa shape index (κ3) is 4.23. The Balaban J connectivity index is 1.88. The highest BCUT2D eigenvalue weighted by Gasteiger charge is 2.05. The molecule has 7 heteroatoms. The zero-order valence-electron chi connectivity index (χ0n) is 9.74. The molecule has 1 aromatic heterocycles. The van der Waals surface area contributed by atoms with Crippen molar-refractivity contribution in [3.8, 4) is 0 Å². The summed E-state index contributed by atoms with van der Waals surface area (Å²) < 4.78 is 2.58. The molecule has 0 aliphatic heterocycles. The van der Waals surface area contributed by atoms with E-state index in [2.05, 4.69) is 26.3 Å². The van der Waals surface area contributed by atoms with E-state index in [1.165, 1.54) is 0 Å². The molecule has 0 bridgehead atoms. The number of nitrogens with zero attached hydrogens (tertiary/aromatic N) is 2. The average Bonchev–Trinajstić information content (AvgIpc) is 2.77. The number of rotatable bonds is 4. The fraction of sp³-hybridized carbons (Fsp3) is 0.167. The van der Waals surface area contributed by atoms with Gasteiger partial charge in [0.25, 0.3) is 0 Å². The molecule has 100 valence electrons. The van der Waals surface area contributed by atoms with Crippen LogP contribution in [-0.4, -0.2) is 15.7 Å². The number of carbonyl (C=O) groups is 1. The van der Waals surface area contributed by atoms with E-state index < -0.39 is 0 Å². The first-order valence-corrected chi connectivity index (χ1v) is 7.02. The lowest BCUT2D eigenvalue weighted by atomic mass is 10.3. The van der Waals surface area contributed by atoms with E-state index in [-0.39, 0.29) is 5.91 Å². The second-order valence-electron chi connectivity index (χ2n) is 3.85. The fourth-order valence-electron chi connectivity index (χ4n) is 1.47. The van der Waals surface area contributed by atoms with Crippen molar-refractivity contribution in [1.29, 1.82) is 0 Å². The summed E-state index contributed by atoms with van der Waals surface area (Å²) in [6.07, 6.45) is 3.82. The topological polar surface area (TPSA) is 46.9 Å². The first-order valence-electron chi connectivity index (χ1n) is 5.47. The van der Waals surface area contributed by atoms with Gasteiger partial charge < -0.3 is 5.32 Å². The molecular formula is C12H10BrCl2N3O. The van der Waals surface area contributed by atoms with E-state index in [9.17, 15) is 4.79 Å². The average molecular weight is 363 g/mol. The molecule has 0 atom stereocenters. The molecule has 0 aliphatic rings. The second kappa shape index (κ2) is 6.41. The van der Waals surface area contributed by atoms with Crippen LogP contribution in [0.4, 0.5) is 5.69 Å². The molecule has 0 saturated heterocycles. The Bertz CT molecular complexity index is 600. The highest BCUT2D eigenvalue weighted by atomic mass is 79.9. The molecule has 1 aromatic carbocycles. The summed E-state index contributed by atoms with van der Waals surface area (Å²) in [5.74, 6) is -0.106. The Morgan fingerprint density at radius 3 is 2.79 bits per heavy atom. The van der Waals surface area contributed by atoms with Crippen LogP contribution in [-0.2, 0) is 11.3 Å². The number of hydrogen-bond acceptors (Lipinski definition) is 2. The molecule has 0 saturated carbocycles. The van der Waals surface area contributed by atoms with Crippen LogP contribution in [0.15, 0.2) is 35.1 Å². The molecule has 2 rings (SSSR count). The van der Waals surface area contributed by atoms with Crippen molar-refractivity contribution in [2.75, 3.05) is 5.32 Å². The molecule has 2 aromatic rings. The number of anilines is 1. The summed E-state index contributed by atoms with van der Waals surface area (Å²) in [5, 5.41) is 7.70. The third-order valence-corrected chi connectivity index (χ3v) is 3.52.